The lowest BCUT2D eigenvalue weighted by Crippen LogP contribution is -2.46. The van der Waals surface area contributed by atoms with E-state index < -0.39 is 18.0 Å². The van der Waals surface area contributed by atoms with Gasteiger partial charge in [-0.3, -0.25) is 0 Å². The third kappa shape index (κ3) is 7.17. The molecule has 0 aliphatic rings. The summed E-state index contributed by atoms with van der Waals surface area (Å²) in [7, 11) is 0. The number of carbonyl (C=O) groups excluding carboxylic acids is 1. The van der Waals surface area contributed by atoms with Crippen LogP contribution in [0.15, 0.2) is 30.3 Å². The van der Waals surface area contributed by atoms with Crippen molar-refractivity contribution < 1.29 is 24.5 Å². The van der Waals surface area contributed by atoms with E-state index in [9.17, 15) is 9.59 Å². The maximum absolute atomic E-state index is 11.5. The van der Waals surface area contributed by atoms with Gasteiger partial charge in [0.25, 0.3) is 0 Å². The lowest BCUT2D eigenvalue weighted by molar-refractivity contribution is -0.139. The van der Waals surface area contributed by atoms with Crippen LogP contribution in [0.25, 0.3) is 0 Å². The molecule has 1 aromatic carbocycles. The molecule has 0 saturated heterocycles. The minimum atomic E-state index is -1.17. The Kier molecular flexibility index (Phi) is 7.67. The summed E-state index contributed by atoms with van der Waals surface area (Å²) >= 11 is 0. The molecule has 116 valence electrons. The van der Waals surface area contributed by atoms with E-state index in [0.717, 1.165) is 5.75 Å². The van der Waals surface area contributed by atoms with E-state index in [1.807, 2.05) is 30.3 Å². The molecule has 21 heavy (non-hydrogen) atoms. The van der Waals surface area contributed by atoms with Crippen LogP contribution in [0.3, 0.4) is 0 Å². The number of nitrogens with one attached hydrogen (secondary N) is 2. The van der Waals surface area contributed by atoms with E-state index in [0.29, 0.717) is 19.6 Å². The number of aliphatic hydroxyl groups excluding tert-OH is 1. The molecule has 7 nitrogen and oxygen atoms in total. The second-order valence-electron chi connectivity index (χ2n) is 4.32. The first kappa shape index (κ1) is 16.8. The number of carboxylic acids is 1. The molecule has 7 heteroatoms. The van der Waals surface area contributed by atoms with E-state index in [4.69, 9.17) is 14.9 Å². The van der Waals surface area contributed by atoms with Crippen molar-refractivity contribution >= 4 is 12.0 Å². The zero-order chi connectivity index (χ0) is 15.5. The third-order valence-corrected chi connectivity index (χ3v) is 2.64. The van der Waals surface area contributed by atoms with Crippen molar-refractivity contribution in [1.29, 1.82) is 0 Å². The van der Waals surface area contributed by atoms with Gasteiger partial charge in [0, 0.05) is 19.6 Å². The van der Waals surface area contributed by atoms with Crippen LogP contribution in [-0.4, -0.2) is 48.0 Å². The molecule has 0 heterocycles. The molecule has 0 radical (unpaired) electrons. The zero-order valence-electron chi connectivity index (χ0n) is 11.6. The Morgan fingerprint density at radius 3 is 2.57 bits per heavy atom. The van der Waals surface area contributed by atoms with Gasteiger partial charge in [-0.1, -0.05) is 18.2 Å². The fourth-order valence-electron chi connectivity index (χ4n) is 1.58. The van der Waals surface area contributed by atoms with Crippen molar-refractivity contribution in [1.82, 2.24) is 10.6 Å². The highest BCUT2D eigenvalue weighted by Gasteiger charge is 2.18. The highest BCUT2D eigenvalue weighted by Crippen LogP contribution is 2.07. The number of hydrogen-bond donors (Lipinski definition) is 4. The number of carboxylic acid groups (broad SMARTS) is 1. The van der Waals surface area contributed by atoms with Crippen LogP contribution < -0.4 is 15.4 Å². The number of para-hydroxylation sites is 1. The maximum atomic E-state index is 11.5. The van der Waals surface area contributed by atoms with Crippen LogP contribution in [0.4, 0.5) is 4.79 Å². The van der Waals surface area contributed by atoms with Crippen LogP contribution in [0.5, 0.6) is 5.75 Å². The van der Waals surface area contributed by atoms with Gasteiger partial charge in [-0.2, -0.15) is 0 Å². The van der Waals surface area contributed by atoms with Crippen LogP contribution in [0, 0.1) is 0 Å². The van der Waals surface area contributed by atoms with Crippen LogP contribution >= 0.6 is 0 Å². The van der Waals surface area contributed by atoms with Crippen LogP contribution in [0.1, 0.15) is 12.8 Å². The van der Waals surface area contributed by atoms with Gasteiger partial charge in [0.2, 0.25) is 0 Å². The van der Waals surface area contributed by atoms with Crippen molar-refractivity contribution in [2.75, 3.05) is 19.8 Å². The Balaban J connectivity index is 2.14. The molecule has 1 aromatic rings. The van der Waals surface area contributed by atoms with Crippen molar-refractivity contribution in [2.45, 2.75) is 18.9 Å². The minimum absolute atomic E-state index is 0.0279. The largest absolute Gasteiger partial charge is 0.494 e. The standard InChI is InChI=1S/C14H20N2O5/c17-9-7-12(13(18)19)16-14(20)15-8-4-10-21-11-5-2-1-3-6-11/h1-3,5-6,12,17H,4,7-10H2,(H,18,19)(H2,15,16,20)/t12-/m1/s1. The number of carbonyl (C=O) groups is 2. The molecule has 0 fully saturated rings. The predicted octanol–water partition coefficient (Wildman–Crippen LogP) is 0.590. The molecular formula is C14H20N2O5. The smallest absolute Gasteiger partial charge is 0.326 e. The van der Waals surface area contributed by atoms with E-state index in [1.54, 1.807) is 0 Å². The summed E-state index contributed by atoms with van der Waals surface area (Å²) in [4.78, 5) is 22.2. The average molecular weight is 296 g/mol. The van der Waals surface area contributed by atoms with Gasteiger partial charge in [-0.25, -0.2) is 9.59 Å². The fourth-order valence-corrected chi connectivity index (χ4v) is 1.58. The monoisotopic (exact) mass is 296 g/mol. The Hall–Kier alpha value is -2.28. The molecule has 0 aliphatic heterocycles. The van der Waals surface area contributed by atoms with Crippen molar-refractivity contribution in [3.05, 3.63) is 30.3 Å². The van der Waals surface area contributed by atoms with E-state index in [1.165, 1.54) is 0 Å². The van der Waals surface area contributed by atoms with Crippen molar-refractivity contribution in [3.8, 4) is 5.75 Å². The number of benzene rings is 1. The molecule has 1 rings (SSSR count). The summed E-state index contributed by atoms with van der Waals surface area (Å²) in [6.45, 7) is 0.510. The van der Waals surface area contributed by atoms with E-state index in [-0.39, 0.29) is 13.0 Å². The number of ether oxygens (including phenoxy) is 1. The first-order chi connectivity index (χ1) is 10.1. The molecule has 0 aliphatic carbocycles. The third-order valence-electron chi connectivity index (χ3n) is 2.64. The molecular weight excluding hydrogens is 276 g/mol. The zero-order valence-corrected chi connectivity index (χ0v) is 11.6. The second-order valence-corrected chi connectivity index (χ2v) is 4.32. The Labute approximate surface area is 122 Å². The molecule has 1 atom stereocenters. The van der Waals surface area contributed by atoms with E-state index >= 15 is 0 Å². The quantitative estimate of drug-likeness (QED) is 0.499. The first-order valence-corrected chi connectivity index (χ1v) is 6.69. The molecule has 4 N–H and O–H groups in total. The van der Waals surface area contributed by atoms with Gasteiger partial charge in [0.15, 0.2) is 0 Å². The number of urea groups is 1. The van der Waals surface area contributed by atoms with Gasteiger partial charge < -0.3 is 25.6 Å². The molecule has 0 unspecified atom stereocenters. The normalized spacial score (nSPS) is 11.5. The second kappa shape index (κ2) is 9.60. The number of hydrogen-bond acceptors (Lipinski definition) is 4. The van der Waals surface area contributed by atoms with Crippen molar-refractivity contribution in [3.63, 3.8) is 0 Å². The van der Waals surface area contributed by atoms with Crippen LogP contribution in [-0.2, 0) is 4.79 Å². The summed E-state index contributed by atoms with van der Waals surface area (Å²) < 4.78 is 5.45. The topological polar surface area (TPSA) is 108 Å². The Morgan fingerprint density at radius 1 is 1.24 bits per heavy atom. The number of aliphatic hydroxyl groups is 1. The Bertz CT molecular complexity index is 438. The minimum Gasteiger partial charge on any atom is -0.494 e. The van der Waals surface area contributed by atoms with Gasteiger partial charge in [-0.15, -0.1) is 0 Å². The summed E-state index contributed by atoms with van der Waals surface area (Å²) in [6, 6.07) is 7.65. The highest BCUT2D eigenvalue weighted by molar-refractivity contribution is 5.82. The number of amides is 2. The lowest BCUT2D eigenvalue weighted by Gasteiger charge is -2.14. The maximum Gasteiger partial charge on any atom is 0.326 e. The molecule has 0 aromatic heterocycles. The lowest BCUT2D eigenvalue weighted by atomic mass is 10.2. The summed E-state index contributed by atoms with van der Waals surface area (Å²) in [5.41, 5.74) is 0. The first-order valence-electron chi connectivity index (χ1n) is 6.69. The van der Waals surface area contributed by atoms with Gasteiger partial charge >= 0.3 is 12.0 Å². The fraction of sp³-hybridized carbons (Fsp3) is 0.429. The Morgan fingerprint density at radius 2 is 1.95 bits per heavy atom. The SMILES string of the molecule is O=C(NCCCOc1ccccc1)N[C@H](CCO)C(=O)O. The van der Waals surface area contributed by atoms with Crippen molar-refractivity contribution in [2.24, 2.45) is 0 Å². The van der Waals surface area contributed by atoms with E-state index in [2.05, 4.69) is 10.6 Å². The highest BCUT2D eigenvalue weighted by atomic mass is 16.5. The molecule has 0 spiro atoms. The molecule has 0 bridgehead atoms. The summed E-state index contributed by atoms with van der Waals surface area (Å²) in [5.74, 6) is -0.414. The average Bonchev–Trinajstić information content (AvgIpc) is 2.47. The van der Waals surface area contributed by atoms with Gasteiger partial charge in [-0.05, 0) is 18.6 Å². The number of rotatable bonds is 9. The summed E-state index contributed by atoms with van der Waals surface area (Å²) in [6.07, 6.45) is 0.569. The molecule has 0 saturated carbocycles. The van der Waals surface area contributed by atoms with Gasteiger partial charge in [0.1, 0.15) is 11.8 Å². The summed E-state index contributed by atoms with van der Waals surface area (Å²) in [5, 5.41) is 22.3. The number of aliphatic carboxylic acids is 1. The molecule has 2 amide bonds. The van der Waals surface area contributed by atoms with Crippen LogP contribution in [0.2, 0.25) is 0 Å². The predicted molar refractivity (Wildman–Crippen MR) is 76.2 cm³/mol. The van der Waals surface area contributed by atoms with Gasteiger partial charge in [0.05, 0.1) is 6.61 Å².